The van der Waals surface area contributed by atoms with Crippen LogP contribution in [0.25, 0.3) is 0 Å². The molecule has 3 N–H and O–H groups in total. The number of carbonyl (C=O) groups excluding carboxylic acids is 1. The van der Waals surface area contributed by atoms with Crippen molar-refractivity contribution in [3.63, 3.8) is 0 Å². The highest BCUT2D eigenvalue weighted by molar-refractivity contribution is 14.1. The predicted octanol–water partition coefficient (Wildman–Crippen LogP) is 4.05. The van der Waals surface area contributed by atoms with E-state index in [1.54, 1.807) is 18.2 Å². The van der Waals surface area contributed by atoms with Gasteiger partial charge in [-0.3, -0.25) is 14.6 Å². The number of nitrogens with zero attached hydrogens (tertiary/aromatic N) is 2. The number of aliphatic hydroxyl groups excluding tert-OH is 1. The summed E-state index contributed by atoms with van der Waals surface area (Å²) in [5, 5.41) is 14.6. The van der Waals surface area contributed by atoms with Gasteiger partial charge in [0, 0.05) is 21.5 Å². The molecular weight excluding hydrogens is 568 g/mol. The predicted molar refractivity (Wildman–Crippen MR) is 126 cm³/mol. The van der Waals surface area contributed by atoms with Crippen molar-refractivity contribution in [3.8, 4) is 0 Å². The van der Waals surface area contributed by atoms with Crippen LogP contribution in [0.4, 0.5) is 24.5 Å². The Hall–Kier alpha value is -3.23. The summed E-state index contributed by atoms with van der Waals surface area (Å²) in [7, 11) is 0. The molecule has 1 heterocycles. The van der Waals surface area contributed by atoms with Crippen LogP contribution in [0.3, 0.4) is 0 Å². The number of halogens is 4. The van der Waals surface area contributed by atoms with Crippen LogP contribution in [0.1, 0.15) is 21.5 Å². The van der Waals surface area contributed by atoms with E-state index in [2.05, 4.69) is 25.8 Å². The van der Waals surface area contributed by atoms with Gasteiger partial charge in [0.2, 0.25) is 0 Å². The first-order valence-corrected chi connectivity index (χ1v) is 10.8. The Kier molecular flexibility index (Phi) is 9.18. The molecule has 3 aromatic rings. The summed E-state index contributed by atoms with van der Waals surface area (Å²) in [5.74, 6) is -4.44. The lowest BCUT2D eigenvalue weighted by molar-refractivity contribution is 0.0233. The molecule has 8 nitrogen and oxygen atoms in total. The number of hydrogen-bond donors (Lipinski definition) is 3. The van der Waals surface area contributed by atoms with Crippen LogP contribution in [0.15, 0.2) is 53.9 Å². The number of rotatable bonds is 10. The largest absolute Gasteiger partial charge is 0.393 e. The number of carbonyl (C=O) groups is 1. The number of nitrogens with one attached hydrogen (secondary N) is 2. The van der Waals surface area contributed by atoms with Gasteiger partial charge in [0.1, 0.15) is 12.4 Å². The topological polar surface area (TPSA) is 105 Å². The van der Waals surface area contributed by atoms with Crippen LogP contribution in [0.5, 0.6) is 0 Å². The van der Waals surface area contributed by atoms with Crippen LogP contribution < -0.4 is 10.8 Å². The molecule has 0 aliphatic carbocycles. The van der Waals surface area contributed by atoms with E-state index in [9.17, 15) is 13.6 Å². The Labute approximate surface area is 205 Å². The third-order valence-electron chi connectivity index (χ3n) is 4.27. The van der Waals surface area contributed by atoms with Crippen molar-refractivity contribution in [1.29, 1.82) is 0 Å². The zero-order chi connectivity index (χ0) is 24.5. The molecule has 0 fully saturated rings. The smallest absolute Gasteiger partial charge is 0.277 e. The average molecular weight is 586 g/mol. The van der Waals surface area contributed by atoms with Gasteiger partial charge in [-0.2, -0.15) is 0 Å². The molecule has 3 rings (SSSR count). The van der Waals surface area contributed by atoms with Crippen LogP contribution >= 0.6 is 22.6 Å². The molecule has 0 aliphatic rings. The lowest BCUT2D eigenvalue weighted by Gasteiger charge is -2.16. The summed E-state index contributed by atoms with van der Waals surface area (Å²) in [6.07, 6.45) is 3.92. The number of aliphatic hydroxyl groups is 1. The third kappa shape index (κ3) is 6.65. The summed E-state index contributed by atoms with van der Waals surface area (Å²) < 4.78 is 44.6. The van der Waals surface area contributed by atoms with E-state index in [0.29, 0.717) is 9.13 Å². The first-order valence-electron chi connectivity index (χ1n) is 9.72. The molecular formula is C22H18F3IN4O4. The van der Waals surface area contributed by atoms with E-state index in [1.165, 1.54) is 24.5 Å². The fraction of sp³-hybridized carbons (Fsp3) is 0.136. The molecule has 34 heavy (non-hydrogen) atoms. The van der Waals surface area contributed by atoms with E-state index >= 15 is 4.39 Å². The first-order chi connectivity index (χ1) is 16.4. The SMILES string of the molecule is O=C(NOCc1ccncc1)c1cc(/C=N/OCCO)c(F)c(F)c1Nc1ccc(I)cc1F. The fourth-order valence-electron chi connectivity index (χ4n) is 2.67. The Morgan fingerprint density at radius 3 is 2.62 bits per heavy atom. The first kappa shape index (κ1) is 25.4. The van der Waals surface area contributed by atoms with Crippen molar-refractivity contribution in [2.45, 2.75) is 6.61 Å². The lowest BCUT2D eigenvalue weighted by Crippen LogP contribution is -2.25. The number of hydrogen-bond acceptors (Lipinski definition) is 7. The van der Waals surface area contributed by atoms with Crippen LogP contribution in [-0.2, 0) is 16.3 Å². The Morgan fingerprint density at radius 2 is 1.91 bits per heavy atom. The lowest BCUT2D eigenvalue weighted by atomic mass is 10.1. The number of pyridine rings is 1. The second kappa shape index (κ2) is 12.3. The molecule has 0 spiro atoms. The molecule has 0 radical (unpaired) electrons. The molecule has 0 saturated heterocycles. The maximum absolute atomic E-state index is 15.0. The standard InChI is InChI=1S/C22H18F3IN4O4/c23-17-10-15(26)1-2-18(17)29-21-16(22(32)30-34-12-13-3-5-27-6-4-13)9-14(19(24)20(21)25)11-28-33-8-7-31/h1-6,9-11,29,31H,7-8,12H2,(H,30,32)/b28-11+. The summed E-state index contributed by atoms with van der Waals surface area (Å²) in [6.45, 7) is -0.515. The van der Waals surface area contributed by atoms with E-state index in [4.69, 9.17) is 9.94 Å². The van der Waals surface area contributed by atoms with Gasteiger partial charge in [0.25, 0.3) is 5.91 Å². The summed E-state index contributed by atoms with van der Waals surface area (Å²) in [6, 6.07) is 8.40. The minimum Gasteiger partial charge on any atom is -0.393 e. The fourth-order valence-corrected chi connectivity index (χ4v) is 3.13. The second-order valence-corrected chi connectivity index (χ2v) is 7.88. The summed E-state index contributed by atoms with van der Waals surface area (Å²) in [5.41, 5.74) is 1.30. The van der Waals surface area contributed by atoms with Gasteiger partial charge in [-0.15, -0.1) is 0 Å². The molecule has 0 bridgehead atoms. The number of anilines is 2. The Balaban J connectivity index is 1.92. The molecule has 0 atom stereocenters. The number of benzene rings is 2. The Bertz CT molecular complexity index is 1180. The monoisotopic (exact) mass is 586 g/mol. The third-order valence-corrected chi connectivity index (χ3v) is 4.94. The van der Waals surface area contributed by atoms with Crippen molar-refractivity contribution in [1.82, 2.24) is 10.5 Å². The molecule has 0 saturated carbocycles. The van der Waals surface area contributed by atoms with Crippen molar-refractivity contribution in [3.05, 3.63) is 86.5 Å². The normalized spacial score (nSPS) is 11.0. The van der Waals surface area contributed by atoms with Crippen LogP contribution in [0.2, 0.25) is 0 Å². The molecule has 0 aliphatic heterocycles. The van der Waals surface area contributed by atoms with Gasteiger partial charge in [-0.1, -0.05) is 5.16 Å². The summed E-state index contributed by atoms with van der Waals surface area (Å²) in [4.78, 5) is 26.5. The van der Waals surface area contributed by atoms with E-state index in [1.807, 2.05) is 22.6 Å². The van der Waals surface area contributed by atoms with Crippen molar-refractivity contribution >= 4 is 46.1 Å². The molecule has 12 heteroatoms. The Morgan fingerprint density at radius 1 is 1.15 bits per heavy atom. The van der Waals surface area contributed by atoms with Gasteiger partial charge < -0.3 is 15.3 Å². The molecule has 1 amide bonds. The van der Waals surface area contributed by atoms with Gasteiger partial charge in [-0.25, -0.2) is 18.7 Å². The van der Waals surface area contributed by atoms with Gasteiger partial charge in [0.15, 0.2) is 11.6 Å². The zero-order valence-electron chi connectivity index (χ0n) is 17.4. The van der Waals surface area contributed by atoms with Crippen molar-refractivity contribution in [2.24, 2.45) is 5.16 Å². The number of aromatic nitrogens is 1. The van der Waals surface area contributed by atoms with Gasteiger partial charge in [-0.05, 0) is 64.6 Å². The average Bonchev–Trinajstić information content (AvgIpc) is 2.83. The van der Waals surface area contributed by atoms with E-state index in [0.717, 1.165) is 12.3 Å². The minimum absolute atomic E-state index is 0.0181. The highest BCUT2D eigenvalue weighted by Crippen LogP contribution is 2.30. The maximum Gasteiger partial charge on any atom is 0.277 e. The quantitative estimate of drug-likeness (QED) is 0.143. The van der Waals surface area contributed by atoms with Crippen LogP contribution in [0, 0.1) is 21.0 Å². The molecule has 1 aromatic heterocycles. The summed E-state index contributed by atoms with van der Waals surface area (Å²) >= 11 is 1.90. The highest BCUT2D eigenvalue weighted by Gasteiger charge is 2.23. The number of amides is 1. The van der Waals surface area contributed by atoms with Crippen molar-refractivity contribution in [2.75, 3.05) is 18.5 Å². The molecule has 178 valence electrons. The van der Waals surface area contributed by atoms with Crippen LogP contribution in [-0.4, -0.2) is 35.4 Å². The van der Waals surface area contributed by atoms with E-state index in [-0.39, 0.29) is 31.1 Å². The maximum atomic E-state index is 15.0. The molecule has 0 unspecified atom stereocenters. The highest BCUT2D eigenvalue weighted by atomic mass is 127. The number of oxime groups is 1. The van der Waals surface area contributed by atoms with E-state index < -0.39 is 34.6 Å². The minimum atomic E-state index is -1.44. The van der Waals surface area contributed by atoms with Crippen molar-refractivity contribution < 1.29 is 32.7 Å². The second-order valence-electron chi connectivity index (χ2n) is 6.63. The zero-order valence-corrected chi connectivity index (χ0v) is 19.6. The van der Waals surface area contributed by atoms with Gasteiger partial charge >= 0.3 is 0 Å². The number of hydroxylamine groups is 1. The van der Waals surface area contributed by atoms with Gasteiger partial charge in [0.05, 0.1) is 36.4 Å². The molecule has 2 aromatic carbocycles.